The lowest BCUT2D eigenvalue weighted by Crippen LogP contribution is -2.41. The quantitative estimate of drug-likeness (QED) is 0.276. The highest BCUT2D eigenvalue weighted by Gasteiger charge is 2.24. The Hall–Kier alpha value is -2.12. The van der Waals surface area contributed by atoms with E-state index in [4.69, 9.17) is 0 Å². The fraction of sp³-hybridized carbons (Fsp3) is 0.882. The normalized spacial score (nSPS) is 19.0. The molecular formula is C34H64N4O4. The third-order valence-electron chi connectivity index (χ3n) is 8.13. The number of rotatable bonds is 8. The van der Waals surface area contributed by atoms with Gasteiger partial charge >= 0.3 is 0 Å². The summed E-state index contributed by atoms with van der Waals surface area (Å²) < 4.78 is 0. The Kier molecular flexibility index (Phi) is 18.7. The molecule has 4 amide bonds. The molecular weight excluding hydrogens is 528 g/mol. The summed E-state index contributed by atoms with van der Waals surface area (Å²) in [6.07, 6.45) is 17.2. The van der Waals surface area contributed by atoms with Crippen molar-refractivity contribution >= 4 is 23.6 Å². The van der Waals surface area contributed by atoms with Gasteiger partial charge in [0.15, 0.2) is 0 Å². The van der Waals surface area contributed by atoms with Crippen LogP contribution < -0.4 is 21.3 Å². The highest BCUT2D eigenvalue weighted by molar-refractivity contribution is 5.79. The summed E-state index contributed by atoms with van der Waals surface area (Å²) in [5.74, 6) is 1.36. The largest absolute Gasteiger partial charge is 0.353 e. The van der Waals surface area contributed by atoms with Gasteiger partial charge in [0.2, 0.25) is 23.6 Å². The molecule has 0 aliphatic heterocycles. The molecule has 0 saturated heterocycles. The Labute approximate surface area is 257 Å². The van der Waals surface area contributed by atoms with Crippen LogP contribution >= 0.6 is 0 Å². The Morgan fingerprint density at radius 3 is 0.762 bits per heavy atom. The first-order valence-corrected chi connectivity index (χ1v) is 17.0. The van der Waals surface area contributed by atoms with Crippen molar-refractivity contribution in [1.29, 1.82) is 0 Å². The van der Waals surface area contributed by atoms with Crippen molar-refractivity contribution in [3.8, 4) is 0 Å². The van der Waals surface area contributed by atoms with E-state index in [1.165, 1.54) is 89.9 Å². The number of hydrogen-bond donors (Lipinski definition) is 4. The molecule has 4 rings (SSSR count). The van der Waals surface area contributed by atoms with Crippen LogP contribution in [0, 0.1) is 23.7 Å². The van der Waals surface area contributed by atoms with Crippen molar-refractivity contribution in [3.05, 3.63) is 0 Å². The molecule has 0 spiro atoms. The molecule has 0 aromatic rings. The number of nitrogens with one attached hydrogen (secondary N) is 4. The second-order valence-electron chi connectivity index (χ2n) is 13.9. The summed E-state index contributed by atoms with van der Waals surface area (Å²) in [7, 11) is 0. The average molecular weight is 593 g/mol. The molecule has 0 bridgehead atoms. The van der Waals surface area contributed by atoms with Crippen molar-refractivity contribution in [3.63, 3.8) is 0 Å². The van der Waals surface area contributed by atoms with Gasteiger partial charge in [-0.2, -0.15) is 0 Å². The van der Waals surface area contributed by atoms with Crippen LogP contribution in [0.3, 0.4) is 0 Å². The molecule has 4 aliphatic rings. The maximum Gasteiger partial charge on any atom is 0.222 e. The number of carbonyl (C=O) groups is 4. The fourth-order valence-corrected chi connectivity index (χ4v) is 4.57. The second kappa shape index (κ2) is 20.7. The van der Waals surface area contributed by atoms with E-state index < -0.39 is 0 Å². The minimum Gasteiger partial charge on any atom is -0.353 e. The summed E-state index contributed by atoms with van der Waals surface area (Å²) >= 11 is 0. The summed E-state index contributed by atoms with van der Waals surface area (Å²) in [5, 5.41) is 12.0. The SMILES string of the molecule is CC(C)C(=O)NC1CC1.CC(C)C(=O)NC1CCC1.CC(C)C(=O)NC1CCCC1.CC(C)C(=O)NC1CCCCC1. The van der Waals surface area contributed by atoms with Crippen LogP contribution in [-0.4, -0.2) is 47.8 Å². The van der Waals surface area contributed by atoms with Gasteiger partial charge in [-0.25, -0.2) is 0 Å². The summed E-state index contributed by atoms with van der Waals surface area (Å²) in [4.78, 5) is 44.4. The van der Waals surface area contributed by atoms with Gasteiger partial charge < -0.3 is 21.3 Å². The minimum absolute atomic E-state index is 0.131. The highest BCUT2D eigenvalue weighted by atomic mass is 16.2. The van der Waals surface area contributed by atoms with E-state index in [9.17, 15) is 19.2 Å². The monoisotopic (exact) mass is 592 g/mol. The third-order valence-corrected chi connectivity index (χ3v) is 8.13. The van der Waals surface area contributed by atoms with Gasteiger partial charge in [-0.1, -0.05) is 87.5 Å². The van der Waals surface area contributed by atoms with Crippen molar-refractivity contribution in [1.82, 2.24) is 21.3 Å². The number of amides is 4. The molecule has 4 aliphatic carbocycles. The maximum atomic E-state index is 11.3. The van der Waals surface area contributed by atoms with E-state index in [1.54, 1.807) is 0 Å². The highest BCUT2D eigenvalue weighted by Crippen LogP contribution is 2.20. The summed E-state index contributed by atoms with van der Waals surface area (Å²) in [6.45, 7) is 15.4. The zero-order valence-corrected chi connectivity index (χ0v) is 28.2. The lowest BCUT2D eigenvalue weighted by Gasteiger charge is -2.27. The topological polar surface area (TPSA) is 116 Å². The first-order chi connectivity index (χ1) is 19.8. The first kappa shape index (κ1) is 37.9. The predicted octanol–water partition coefficient (Wildman–Crippen LogP) is 6.02. The lowest BCUT2D eigenvalue weighted by atomic mass is 9.93. The van der Waals surface area contributed by atoms with Crippen molar-refractivity contribution in [2.75, 3.05) is 0 Å². The molecule has 42 heavy (non-hydrogen) atoms. The van der Waals surface area contributed by atoms with Crippen LogP contribution in [0.5, 0.6) is 0 Å². The van der Waals surface area contributed by atoms with Crippen LogP contribution in [0.2, 0.25) is 0 Å². The molecule has 0 aromatic heterocycles. The zero-order chi connectivity index (χ0) is 31.7. The molecule has 8 nitrogen and oxygen atoms in total. The van der Waals surface area contributed by atoms with Crippen LogP contribution in [0.15, 0.2) is 0 Å². The molecule has 0 heterocycles. The van der Waals surface area contributed by atoms with Gasteiger partial charge in [0.05, 0.1) is 0 Å². The second-order valence-corrected chi connectivity index (χ2v) is 13.9. The van der Waals surface area contributed by atoms with Gasteiger partial charge in [0, 0.05) is 47.8 Å². The van der Waals surface area contributed by atoms with Gasteiger partial charge in [-0.15, -0.1) is 0 Å². The Morgan fingerprint density at radius 2 is 0.571 bits per heavy atom. The first-order valence-electron chi connectivity index (χ1n) is 17.0. The predicted molar refractivity (Wildman–Crippen MR) is 172 cm³/mol. The molecule has 4 fully saturated rings. The van der Waals surface area contributed by atoms with E-state index in [-0.39, 0.29) is 47.3 Å². The third kappa shape index (κ3) is 17.7. The lowest BCUT2D eigenvalue weighted by molar-refractivity contribution is -0.125. The summed E-state index contributed by atoms with van der Waals surface area (Å²) in [5.41, 5.74) is 0. The maximum absolute atomic E-state index is 11.3. The van der Waals surface area contributed by atoms with Crippen LogP contribution in [0.4, 0.5) is 0 Å². The molecule has 244 valence electrons. The van der Waals surface area contributed by atoms with E-state index in [0.717, 1.165) is 0 Å². The van der Waals surface area contributed by atoms with Gasteiger partial charge in [-0.3, -0.25) is 19.2 Å². The molecule has 0 radical (unpaired) electrons. The van der Waals surface area contributed by atoms with E-state index in [0.29, 0.717) is 24.2 Å². The van der Waals surface area contributed by atoms with Crippen molar-refractivity contribution in [2.24, 2.45) is 23.7 Å². The van der Waals surface area contributed by atoms with E-state index in [1.807, 2.05) is 55.4 Å². The van der Waals surface area contributed by atoms with Crippen LogP contribution in [-0.2, 0) is 19.2 Å². The van der Waals surface area contributed by atoms with E-state index >= 15 is 0 Å². The molecule has 4 saturated carbocycles. The fourth-order valence-electron chi connectivity index (χ4n) is 4.57. The molecule has 8 heteroatoms. The standard InChI is InChI=1S/C10H19NO.C9H17NO.C8H15NO.C7H13NO/c1-8(2)10(12)11-9-6-4-3-5-7-9;1-7(2)9(11)10-8-5-3-4-6-8;1-6(2)8(10)9-7-4-3-5-7;1-5(2)7(9)8-6-3-4-6/h8-9H,3-7H2,1-2H3,(H,11,12);7-8H,3-6H2,1-2H3,(H,10,11);6-7H,3-5H2,1-2H3,(H,9,10);5-6H,3-4H2,1-2H3,(H,8,9). The average Bonchev–Trinajstić information content (AvgIpc) is 3.58. The summed E-state index contributed by atoms with van der Waals surface area (Å²) in [6, 6.07) is 1.95. The van der Waals surface area contributed by atoms with Crippen LogP contribution in [0.25, 0.3) is 0 Å². The van der Waals surface area contributed by atoms with Crippen molar-refractivity contribution in [2.45, 2.75) is 169 Å². The van der Waals surface area contributed by atoms with Gasteiger partial charge in [0.1, 0.15) is 0 Å². The van der Waals surface area contributed by atoms with Crippen molar-refractivity contribution < 1.29 is 19.2 Å². The molecule has 4 N–H and O–H groups in total. The molecule has 0 aromatic carbocycles. The Bertz CT molecular complexity index is 791. The van der Waals surface area contributed by atoms with E-state index in [2.05, 4.69) is 21.3 Å². The minimum atomic E-state index is 0.131. The number of hydrogen-bond acceptors (Lipinski definition) is 4. The zero-order valence-electron chi connectivity index (χ0n) is 28.2. The molecule has 0 atom stereocenters. The Morgan fingerprint density at radius 1 is 0.357 bits per heavy atom. The molecule has 0 unspecified atom stereocenters. The van der Waals surface area contributed by atoms with Gasteiger partial charge in [0.25, 0.3) is 0 Å². The number of carbonyl (C=O) groups excluding carboxylic acids is 4. The smallest absolute Gasteiger partial charge is 0.222 e. The van der Waals surface area contributed by atoms with Crippen LogP contribution in [0.1, 0.15) is 145 Å². The van der Waals surface area contributed by atoms with Gasteiger partial charge in [-0.05, 0) is 57.8 Å². The Balaban J connectivity index is 0.000000281.